The number of rotatable bonds is 6. The number of halogens is 2. The third-order valence-electron chi connectivity index (χ3n) is 3.00. The standard InChI is InChI=1S/C14H19Cl2N5/c1-4-7-17-13-9(15)8-10(16)14(19-13)21-12(6-3)18-11(5-2)20-21/h8H,4-7H2,1-3H3,(H,17,19). The molecule has 0 atom stereocenters. The van der Waals surface area contributed by atoms with E-state index in [9.17, 15) is 0 Å². The Hall–Kier alpha value is -1.33. The van der Waals surface area contributed by atoms with E-state index in [0.717, 1.165) is 37.5 Å². The van der Waals surface area contributed by atoms with Crippen molar-refractivity contribution in [2.24, 2.45) is 0 Å². The van der Waals surface area contributed by atoms with Crippen LogP contribution >= 0.6 is 23.2 Å². The van der Waals surface area contributed by atoms with Gasteiger partial charge in [0.25, 0.3) is 0 Å². The normalized spacial score (nSPS) is 10.9. The second-order valence-electron chi connectivity index (χ2n) is 4.61. The van der Waals surface area contributed by atoms with E-state index in [0.29, 0.717) is 21.7 Å². The van der Waals surface area contributed by atoms with Gasteiger partial charge >= 0.3 is 0 Å². The number of aromatic nitrogens is 4. The van der Waals surface area contributed by atoms with Gasteiger partial charge in [0.05, 0.1) is 10.0 Å². The van der Waals surface area contributed by atoms with Gasteiger partial charge in [-0.25, -0.2) is 9.97 Å². The first-order chi connectivity index (χ1) is 10.1. The summed E-state index contributed by atoms with van der Waals surface area (Å²) in [5, 5.41) is 8.63. The molecule has 0 unspecified atom stereocenters. The van der Waals surface area contributed by atoms with Crippen molar-refractivity contribution < 1.29 is 0 Å². The molecule has 2 aromatic rings. The summed E-state index contributed by atoms with van der Waals surface area (Å²) in [5.41, 5.74) is 0. The van der Waals surface area contributed by atoms with E-state index < -0.39 is 0 Å². The first kappa shape index (κ1) is 16.0. The highest BCUT2D eigenvalue weighted by Gasteiger charge is 2.16. The van der Waals surface area contributed by atoms with E-state index in [-0.39, 0.29) is 0 Å². The molecule has 0 aliphatic carbocycles. The number of nitrogens with one attached hydrogen (secondary N) is 1. The third-order valence-corrected chi connectivity index (χ3v) is 3.57. The summed E-state index contributed by atoms with van der Waals surface area (Å²) in [6.45, 7) is 6.92. The van der Waals surface area contributed by atoms with Crippen LogP contribution in [0.4, 0.5) is 5.82 Å². The maximum Gasteiger partial charge on any atom is 0.176 e. The zero-order valence-electron chi connectivity index (χ0n) is 12.5. The minimum atomic E-state index is 0.462. The van der Waals surface area contributed by atoms with Gasteiger partial charge in [-0.05, 0) is 12.5 Å². The molecule has 0 bridgehead atoms. The second kappa shape index (κ2) is 7.09. The van der Waals surface area contributed by atoms with Crippen LogP contribution in [0, 0.1) is 0 Å². The first-order valence-electron chi connectivity index (χ1n) is 7.15. The molecular formula is C14H19Cl2N5. The summed E-state index contributed by atoms with van der Waals surface area (Å²) in [4.78, 5) is 9.00. The van der Waals surface area contributed by atoms with E-state index in [1.54, 1.807) is 10.7 Å². The Bertz CT molecular complexity index is 624. The van der Waals surface area contributed by atoms with E-state index in [1.807, 2.05) is 13.8 Å². The molecule has 0 radical (unpaired) electrons. The number of hydrogen-bond acceptors (Lipinski definition) is 4. The van der Waals surface area contributed by atoms with Crippen molar-refractivity contribution in [3.8, 4) is 5.82 Å². The molecule has 0 spiro atoms. The molecule has 0 saturated carbocycles. The van der Waals surface area contributed by atoms with Crippen molar-refractivity contribution in [2.45, 2.75) is 40.0 Å². The molecule has 1 N–H and O–H groups in total. The van der Waals surface area contributed by atoms with Crippen LogP contribution in [0.15, 0.2) is 6.07 Å². The highest BCUT2D eigenvalue weighted by molar-refractivity contribution is 6.36. The molecular weight excluding hydrogens is 309 g/mol. The molecule has 2 rings (SSSR count). The van der Waals surface area contributed by atoms with Gasteiger partial charge in [-0.15, -0.1) is 5.10 Å². The lowest BCUT2D eigenvalue weighted by Gasteiger charge is -2.11. The van der Waals surface area contributed by atoms with Crippen molar-refractivity contribution in [1.82, 2.24) is 19.7 Å². The number of anilines is 1. The fourth-order valence-electron chi connectivity index (χ4n) is 1.91. The van der Waals surface area contributed by atoms with Gasteiger partial charge in [-0.1, -0.05) is 44.0 Å². The molecule has 2 aromatic heterocycles. The predicted octanol–water partition coefficient (Wildman–Crippen LogP) is 3.92. The molecule has 0 saturated heterocycles. The van der Waals surface area contributed by atoms with Gasteiger partial charge < -0.3 is 5.32 Å². The predicted molar refractivity (Wildman–Crippen MR) is 86.7 cm³/mol. The Labute approximate surface area is 134 Å². The smallest absolute Gasteiger partial charge is 0.176 e. The van der Waals surface area contributed by atoms with Gasteiger partial charge in [0.2, 0.25) is 0 Å². The average Bonchev–Trinajstić information content (AvgIpc) is 2.89. The fourth-order valence-corrected chi connectivity index (χ4v) is 2.42. The summed E-state index contributed by atoms with van der Waals surface area (Å²) in [6, 6.07) is 1.69. The van der Waals surface area contributed by atoms with Crippen molar-refractivity contribution in [1.29, 1.82) is 0 Å². The van der Waals surface area contributed by atoms with Crippen LogP contribution in [0.25, 0.3) is 5.82 Å². The van der Waals surface area contributed by atoms with Crippen LogP contribution in [-0.4, -0.2) is 26.3 Å². The molecule has 0 aliphatic heterocycles. The van der Waals surface area contributed by atoms with Crippen molar-refractivity contribution >= 4 is 29.0 Å². The zero-order valence-corrected chi connectivity index (χ0v) is 14.0. The van der Waals surface area contributed by atoms with Crippen LogP contribution in [0.3, 0.4) is 0 Å². The molecule has 0 fully saturated rings. The number of hydrogen-bond donors (Lipinski definition) is 1. The van der Waals surface area contributed by atoms with Crippen LogP contribution in [0.2, 0.25) is 10.0 Å². The highest BCUT2D eigenvalue weighted by Crippen LogP contribution is 2.28. The maximum atomic E-state index is 6.29. The van der Waals surface area contributed by atoms with Crippen LogP contribution in [0.1, 0.15) is 38.8 Å². The molecule has 2 heterocycles. The van der Waals surface area contributed by atoms with Crippen molar-refractivity contribution in [2.75, 3.05) is 11.9 Å². The minimum absolute atomic E-state index is 0.462. The van der Waals surface area contributed by atoms with E-state index in [4.69, 9.17) is 23.2 Å². The largest absolute Gasteiger partial charge is 0.369 e. The van der Waals surface area contributed by atoms with Crippen LogP contribution < -0.4 is 5.32 Å². The van der Waals surface area contributed by atoms with Gasteiger partial charge in [0.15, 0.2) is 11.6 Å². The Kier molecular flexibility index (Phi) is 5.42. The van der Waals surface area contributed by atoms with E-state index >= 15 is 0 Å². The number of nitrogens with zero attached hydrogens (tertiary/aromatic N) is 4. The minimum Gasteiger partial charge on any atom is -0.369 e. The monoisotopic (exact) mass is 327 g/mol. The summed E-state index contributed by atoms with van der Waals surface area (Å²) in [7, 11) is 0. The summed E-state index contributed by atoms with van der Waals surface area (Å²) >= 11 is 12.5. The molecule has 5 nitrogen and oxygen atoms in total. The average molecular weight is 328 g/mol. The lowest BCUT2D eigenvalue weighted by molar-refractivity contribution is 0.769. The quantitative estimate of drug-likeness (QED) is 0.873. The van der Waals surface area contributed by atoms with E-state index in [2.05, 4.69) is 27.3 Å². The lowest BCUT2D eigenvalue weighted by atomic mass is 10.4. The summed E-state index contributed by atoms with van der Waals surface area (Å²) < 4.78 is 1.70. The van der Waals surface area contributed by atoms with Crippen LogP contribution in [0.5, 0.6) is 0 Å². The van der Waals surface area contributed by atoms with Gasteiger partial charge in [-0.2, -0.15) is 4.68 Å². The Morgan fingerprint density at radius 3 is 2.48 bits per heavy atom. The second-order valence-corrected chi connectivity index (χ2v) is 5.43. The molecule has 0 aliphatic rings. The van der Waals surface area contributed by atoms with Gasteiger partial charge in [0.1, 0.15) is 11.6 Å². The van der Waals surface area contributed by atoms with Gasteiger partial charge in [-0.3, -0.25) is 0 Å². The summed E-state index contributed by atoms with van der Waals surface area (Å²) in [5.74, 6) is 2.80. The Balaban J connectivity index is 2.49. The zero-order chi connectivity index (χ0) is 15.4. The Morgan fingerprint density at radius 2 is 1.86 bits per heavy atom. The SMILES string of the molecule is CCCNc1nc(-n2nc(CC)nc2CC)c(Cl)cc1Cl. The molecule has 7 heteroatoms. The van der Waals surface area contributed by atoms with E-state index in [1.165, 1.54) is 0 Å². The Morgan fingerprint density at radius 1 is 1.10 bits per heavy atom. The number of aryl methyl sites for hydroxylation is 2. The van der Waals surface area contributed by atoms with Crippen molar-refractivity contribution in [3.63, 3.8) is 0 Å². The molecule has 114 valence electrons. The maximum absolute atomic E-state index is 6.29. The number of pyridine rings is 1. The molecule has 21 heavy (non-hydrogen) atoms. The summed E-state index contributed by atoms with van der Waals surface area (Å²) in [6.07, 6.45) is 2.51. The molecule has 0 aromatic carbocycles. The first-order valence-corrected chi connectivity index (χ1v) is 7.91. The third kappa shape index (κ3) is 3.47. The van der Waals surface area contributed by atoms with Crippen LogP contribution in [-0.2, 0) is 12.8 Å². The van der Waals surface area contributed by atoms with Gasteiger partial charge in [0, 0.05) is 19.4 Å². The highest BCUT2D eigenvalue weighted by atomic mass is 35.5. The van der Waals surface area contributed by atoms with Crippen molar-refractivity contribution in [3.05, 3.63) is 27.8 Å². The fraction of sp³-hybridized carbons (Fsp3) is 0.500. The molecule has 0 amide bonds. The lowest BCUT2D eigenvalue weighted by Crippen LogP contribution is -2.09. The topological polar surface area (TPSA) is 55.6 Å².